The highest BCUT2D eigenvalue weighted by Gasteiger charge is 2.25. The molecule has 1 aliphatic rings. The molecule has 0 unspecified atom stereocenters. The predicted octanol–water partition coefficient (Wildman–Crippen LogP) is 1.41. The summed E-state index contributed by atoms with van der Waals surface area (Å²) in [4.78, 5) is 23.7. The Kier molecular flexibility index (Phi) is 4.74. The number of nitrogen functional groups attached to an aromatic ring is 1. The summed E-state index contributed by atoms with van der Waals surface area (Å²) in [5.74, 6) is -0.397. The van der Waals surface area contributed by atoms with Gasteiger partial charge < -0.3 is 11.5 Å². The fourth-order valence-corrected chi connectivity index (χ4v) is 2.90. The summed E-state index contributed by atoms with van der Waals surface area (Å²) in [5, 5.41) is 10.9. The molecule has 1 amide bonds. The Balaban J connectivity index is 2.21. The number of nitrogens with two attached hydrogens (primary N) is 2. The zero-order valence-corrected chi connectivity index (χ0v) is 11.8. The molecular formula is C14H20N4O3. The fourth-order valence-electron chi connectivity index (χ4n) is 2.90. The monoisotopic (exact) mass is 292 g/mol. The number of amides is 1. The molecule has 0 heterocycles. The van der Waals surface area contributed by atoms with Crippen molar-refractivity contribution in [2.75, 3.05) is 12.3 Å². The van der Waals surface area contributed by atoms with Gasteiger partial charge in [-0.2, -0.15) is 0 Å². The van der Waals surface area contributed by atoms with E-state index < -0.39 is 10.8 Å². The molecule has 1 fully saturated rings. The first-order valence-corrected chi connectivity index (χ1v) is 7.03. The normalized spacial score (nSPS) is 15.5. The number of rotatable bonds is 6. The van der Waals surface area contributed by atoms with Crippen LogP contribution >= 0.6 is 0 Å². The van der Waals surface area contributed by atoms with Gasteiger partial charge in [-0.1, -0.05) is 25.0 Å². The average Bonchev–Trinajstić information content (AvgIpc) is 2.93. The number of nitrogens with zero attached hydrogens (tertiary/aromatic N) is 2. The van der Waals surface area contributed by atoms with Gasteiger partial charge in [-0.15, -0.1) is 0 Å². The Bertz CT molecular complexity index is 541. The summed E-state index contributed by atoms with van der Waals surface area (Å²) in [5.41, 5.74) is 11.9. The number of carbonyl (C=O) groups excluding carboxylic acids is 1. The molecule has 0 bridgehead atoms. The third kappa shape index (κ3) is 3.69. The van der Waals surface area contributed by atoms with E-state index >= 15 is 0 Å². The van der Waals surface area contributed by atoms with Crippen LogP contribution in [-0.4, -0.2) is 28.3 Å². The second-order valence-corrected chi connectivity index (χ2v) is 5.42. The SMILES string of the molecule is NC(=O)CN(Cc1cccc([N+](=O)[O-])c1N)C1CCCC1. The smallest absolute Gasteiger partial charge is 0.292 e. The second-order valence-electron chi connectivity index (χ2n) is 5.42. The Morgan fingerprint density at radius 1 is 1.38 bits per heavy atom. The van der Waals surface area contributed by atoms with Crippen LogP contribution in [0.1, 0.15) is 31.2 Å². The van der Waals surface area contributed by atoms with E-state index in [1.165, 1.54) is 6.07 Å². The summed E-state index contributed by atoms with van der Waals surface area (Å²) in [6.45, 7) is 0.550. The van der Waals surface area contributed by atoms with Crippen LogP contribution in [0.15, 0.2) is 18.2 Å². The lowest BCUT2D eigenvalue weighted by Crippen LogP contribution is -2.39. The molecule has 0 aromatic heterocycles. The largest absolute Gasteiger partial charge is 0.393 e. The number of hydrogen-bond acceptors (Lipinski definition) is 5. The molecule has 0 aliphatic heterocycles. The highest BCUT2D eigenvalue weighted by Crippen LogP contribution is 2.29. The summed E-state index contributed by atoms with van der Waals surface area (Å²) >= 11 is 0. The Morgan fingerprint density at radius 2 is 2.05 bits per heavy atom. The third-order valence-electron chi connectivity index (χ3n) is 3.94. The van der Waals surface area contributed by atoms with E-state index in [1.807, 2.05) is 4.90 Å². The predicted molar refractivity (Wildman–Crippen MR) is 79.4 cm³/mol. The molecule has 1 aliphatic carbocycles. The van der Waals surface area contributed by atoms with Crippen molar-refractivity contribution >= 4 is 17.3 Å². The number of primary amides is 1. The summed E-state index contributed by atoms with van der Waals surface area (Å²) in [7, 11) is 0. The topological polar surface area (TPSA) is 115 Å². The van der Waals surface area contributed by atoms with E-state index in [-0.39, 0.29) is 24.0 Å². The van der Waals surface area contributed by atoms with Crippen LogP contribution in [0.25, 0.3) is 0 Å². The number of benzene rings is 1. The molecule has 114 valence electrons. The number of hydrogen-bond donors (Lipinski definition) is 2. The lowest BCUT2D eigenvalue weighted by Gasteiger charge is -2.27. The van der Waals surface area contributed by atoms with Gasteiger partial charge in [0, 0.05) is 18.7 Å². The van der Waals surface area contributed by atoms with Crippen molar-refractivity contribution in [3.8, 4) is 0 Å². The van der Waals surface area contributed by atoms with Gasteiger partial charge in [0.2, 0.25) is 5.91 Å². The molecule has 0 spiro atoms. The number of nitro benzene ring substituents is 1. The molecule has 1 aromatic rings. The average molecular weight is 292 g/mol. The van der Waals surface area contributed by atoms with Crippen LogP contribution in [0, 0.1) is 10.1 Å². The van der Waals surface area contributed by atoms with Crippen molar-refractivity contribution < 1.29 is 9.72 Å². The lowest BCUT2D eigenvalue weighted by molar-refractivity contribution is -0.384. The van der Waals surface area contributed by atoms with Gasteiger partial charge in [-0.25, -0.2) is 0 Å². The van der Waals surface area contributed by atoms with E-state index in [9.17, 15) is 14.9 Å². The van der Waals surface area contributed by atoms with Crippen molar-refractivity contribution in [2.45, 2.75) is 38.3 Å². The van der Waals surface area contributed by atoms with Crippen LogP contribution in [0.5, 0.6) is 0 Å². The van der Waals surface area contributed by atoms with Gasteiger partial charge in [0.1, 0.15) is 5.69 Å². The maximum absolute atomic E-state index is 11.3. The molecule has 0 saturated heterocycles. The summed E-state index contributed by atoms with van der Waals surface area (Å²) in [6.07, 6.45) is 4.29. The zero-order chi connectivity index (χ0) is 15.4. The Morgan fingerprint density at radius 3 is 2.62 bits per heavy atom. The standard InChI is InChI=1S/C14H20N4O3/c15-13(19)9-17(11-5-1-2-6-11)8-10-4-3-7-12(14(10)16)18(20)21/h3-4,7,11H,1-2,5-6,8-9,16H2,(H2,15,19). The molecule has 1 aromatic carbocycles. The minimum Gasteiger partial charge on any atom is -0.393 e. The van der Waals surface area contributed by atoms with E-state index in [0.717, 1.165) is 25.7 Å². The maximum Gasteiger partial charge on any atom is 0.292 e. The van der Waals surface area contributed by atoms with Gasteiger partial charge in [0.25, 0.3) is 5.69 Å². The van der Waals surface area contributed by atoms with Crippen LogP contribution in [0.2, 0.25) is 0 Å². The Hall–Kier alpha value is -2.15. The van der Waals surface area contributed by atoms with Gasteiger partial charge in [-0.05, 0) is 18.4 Å². The molecule has 7 heteroatoms. The molecule has 1 saturated carbocycles. The van der Waals surface area contributed by atoms with Crippen LogP contribution in [-0.2, 0) is 11.3 Å². The molecule has 0 radical (unpaired) electrons. The zero-order valence-electron chi connectivity index (χ0n) is 11.8. The number of nitro groups is 1. The quantitative estimate of drug-likeness (QED) is 0.467. The molecular weight excluding hydrogens is 272 g/mol. The number of carbonyl (C=O) groups is 1. The minimum absolute atomic E-state index is 0.0991. The molecule has 21 heavy (non-hydrogen) atoms. The van der Waals surface area contributed by atoms with E-state index in [0.29, 0.717) is 12.1 Å². The van der Waals surface area contributed by atoms with Gasteiger partial charge in [-0.3, -0.25) is 19.8 Å². The van der Waals surface area contributed by atoms with Gasteiger partial charge in [0.05, 0.1) is 11.5 Å². The lowest BCUT2D eigenvalue weighted by atomic mass is 10.1. The summed E-state index contributed by atoms with van der Waals surface area (Å²) in [6, 6.07) is 5.04. The van der Waals surface area contributed by atoms with Crippen molar-refractivity contribution in [3.63, 3.8) is 0 Å². The van der Waals surface area contributed by atoms with Crippen LogP contribution in [0.4, 0.5) is 11.4 Å². The van der Waals surface area contributed by atoms with Crippen molar-refractivity contribution in [1.29, 1.82) is 0 Å². The first kappa shape index (κ1) is 15.2. The van der Waals surface area contributed by atoms with E-state index in [2.05, 4.69) is 0 Å². The minimum atomic E-state index is -0.493. The van der Waals surface area contributed by atoms with Crippen LogP contribution in [0.3, 0.4) is 0 Å². The Labute approximate surface area is 123 Å². The highest BCUT2D eigenvalue weighted by atomic mass is 16.6. The van der Waals surface area contributed by atoms with Gasteiger partial charge >= 0.3 is 0 Å². The molecule has 7 nitrogen and oxygen atoms in total. The third-order valence-corrected chi connectivity index (χ3v) is 3.94. The summed E-state index contributed by atoms with van der Waals surface area (Å²) < 4.78 is 0. The van der Waals surface area contributed by atoms with Crippen LogP contribution < -0.4 is 11.5 Å². The van der Waals surface area contributed by atoms with Crippen molar-refractivity contribution in [1.82, 2.24) is 4.90 Å². The number of para-hydroxylation sites is 1. The molecule has 2 rings (SSSR count). The van der Waals surface area contributed by atoms with E-state index in [4.69, 9.17) is 11.5 Å². The van der Waals surface area contributed by atoms with E-state index in [1.54, 1.807) is 12.1 Å². The van der Waals surface area contributed by atoms with Gasteiger partial charge in [0.15, 0.2) is 0 Å². The maximum atomic E-state index is 11.3. The second kappa shape index (κ2) is 6.53. The number of anilines is 1. The first-order chi connectivity index (χ1) is 9.99. The van der Waals surface area contributed by atoms with Crippen molar-refractivity contribution in [3.05, 3.63) is 33.9 Å². The highest BCUT2D eigenvalue weighted by molar-refractivity contribution is 5.76. The first-order valence-electron chi connectivity index (χ1n) is 7.03. The molecule has 0 atom stereocenters. The van der Waals surface area contributed by atoms with Crippen molar-refractivity contribution in [2.24, 2.45) is 5.73 Å². The fraction of sp³-hybridized carbons (Fsp3) is 0.500. The molecule has 4 N–H and O–H groups in total.